The van der Waals surface area contributed by atoms with Crippen molar-refractivity contribution in [2.75, 3.05) is 18.0 Å². The highest BCUT2D eigenvalue weighted by molar-refractivity contribution is 8.01. The molecule has 214 valence electrons. The number of hydrogen-bond acceptors (Lipinski definition) is 6. The van der Waals surface area contributed by atoms with Crippen LogP contribution in [-0.4, -0.2) is 41.1 Å². The van der Waals surface area contributed by atoms with Gasteiger partial charge in [0.15, 0.2) is 5.78 Å². The molecule has 1 saturated carbocycles. The third-order valence-corrected chi connectivity index (χ3v) is 10.3. The van der Waals surface area contributed by atoms with Crippen LogP contribution in [0.1, 0.15) is 69.0 Å². The Balaban J connectivity index is 1.37. The summed E-state index contributed by atoms with van der Waals surface area (Å²) in [7, 11) is 0. The van der Waals surface area contributed by atoms with Crippen LogP contribution in [0.5, 0.6) is 5.75 Å². The van der Waals surface area contributed by atoms with E-state index in [1.165, 1.54) is 37.4 Å². The van der Waals surface area contributed by atoms with Crippen LogP contribution in [0.2, 0.25) is 5.02 Å². The first-order chi connectivity index (χ1) is 20.0. The van der Waals surface area contributed by atoms with Crippen molar-refractivity contribution in [2.24, 2.45) is 0 Å². The van der Waals surface area contributed by atoms with E-state index in [9.17, 15) is 9.59 Å². The summed E-state index contributed by atoms with van der Waals surface area (Å²) in [5.74, 6) is 0.124. The fourth-order valence-electron chi connectivity index (χ4n) is 6.34. The monoisotopic (exact) mass is 589 g/mol. The van der Waals surface area contributed by atoms with Crippen LogP contribution in [0.25, 0.3) is 0 Å². The number of halogens is 1. The van der Waals surface area contributed by atoms with E-state index in [0.717, 1.165) is 50.0 Å². The summed E-state index contributed by atoms with van der Waals surface area (Å²) in [6.45, 7) is 2.08. The van der Waals surface area contributed by atoms with Gasteiger partial charge in [0, 0.05) is 36.3 Å². The van der Waals surface area contributed by atoms with Crippen molar-refractivity contribution >= 4 is 40.7 Å². The molecule has 1 aromatic heterocycles. The molecule has 3 heterocycles. The van der Waals surface area contributed by atoms with Gasteiger partial charge in [0.1, 0.15) is 22.2 Å². The Morgan fingerprint density at radius 3 is 2.37 bits per heavy atom. The zero-order valence-electron chi connectivity index (χ0n) is 23.2. The van der Waals surface area contributed by atoms with Gasteiger partial charge in [-0.05, 0) is 86.9 Å². The quantitative estimate of drug-likeness (QED) is 0.301. The largest absolute Gasteiger partial charge is 0.488 e. The fourth-order valence-corrected chi connectivity index (χ4v) is 7.58. The van der Waals surface area contributed by atoms with E-state index >= 15 is 0 Å². The smallest absolute Gasteiger partial charge is 0.242 e. The van der Waals surface area contributed by atoms with Crippen molar-refractivity contribution < 1.29 is 14.3 Å². The predicted molar refractivity (Wildman–Crippen MR) is 164 cm³/mol. The lowest BCUT2D eigenvalue weighted by atomic mass is 9.78. The molecule has 3 fully saturated rings. The first-order valence-corrected chi connectivity index (χ1v) is 16.0. The Morgan fingerprint density at radius 1 is 0.902 bits per heavy atom. The van der Waals surface area contributed by atoms with Gasteiger partial charge >= 0.3 is 0 Å². The molecule has 0 bridgehead atoms. The molecule has 3 aromatic rings. The molecule has 1 N–H and O–H groups in total. The number of carbonyl (C=O) groups excluding carboxylic acids is 2. The van der Waals surface area contributed by atoms with Crippen LogP contribution in [0.4, 0.5) is 5.69 Å². The number of aromatic nitrogens is 1. The van der Waals surface area contributed by atoms with Crippen molar-refractivity contribution in [2.45, 2.75) is 79.6 Å². The molecule has 0 spiro atoms. The van der Waals surface area contributed by atoms with Crippen LogP contribution in [0.3, 0.4) is 0 Å². The lowest BCUT2D eigenvalue weighted by Crippen LogP contribution is -2.58. The minimum Gasteiger partial charge on any atom is -0.488 e. The Morgan fingerprint density at radius 2 is 1.63 bits per heavy atom. The maximum Gasteiger partial charge on any atom is 0.242 e. The number of pyridine rings is 1. The van der Waals surface area contributed by atoms with Crippen LogP contribution >= 0.6 is 23.4 Å². The summed E-state index contributed by atoms with van der Waals surface area (Å²) in [6, 6.07) is 19.4. The molecule has 2 aliphatic heterocycles. The third kappa shape index (κ3) is 5.98. The van der Waals surface area contributed by atoms with E-state index in [1.807, 2.05) is 42.5 Å². The number of piperidine rings is 2. The van der Waals surface area contributed by atoms with Crippen LogP contribution in [-0.2, 0) is 15.1 Å². The molecule has 41 heavy (non-hydrogen) atoms. The van der Waals surface area contributed by atoms with Gasteiger partial charge in [-0.3, -0.25) is 14.6 Å². The summed E-state index contributed by atoms with van der Waals surface area (Å²) in [5, 5.41) is 2.90. The van der Waals surface area contributed by atoms with Gasteiger partial charge in [-0.1, -0.05) is 42.3 Å². The number of ether oxygens (including phenoxy) is 1. The number of amides is 1. The summed E-state index contributed by atoms with van der Waals surface area (Å²) < 4.78 is 6.56. The SMILES string of the molecule is O=C1CC(c2ccc(N3CCCCC3)cc2)(c2ncccc2OC2CCCCC2)NC(=O)C1Sc1ccccc1Cl. The molecule has 2 aromatic carbocycles. The molecule has 3 aliphatic rings. The number of rotatable bonds is 7. The maximum atomic E-state index is 13.9. The molecule has 2 unspecified atom stereocenters. The number of nitrogens with zero attached hydrogens (tertiary/aromatic N) is 2. The number of ketones is 1. The number of anilines is 1. The number of thioether (sulfide) groups is 1. The van der Waals surface area contributed by atoms with E-state index in [-0.39, 0.29) is 24.2 Å². The van der Waals surface area contributed by atoms with Gasteiger partial charge in [0.05, 0.1) is 11.1 Å². The second-order valence-corrected chi connectivity index (χ2v) is 12.8. The van der Waals surface area contributed by atoms with Crippen molar-refractivity contribution in [3.63, 3.8) is 0 Å². The first kappa shape index (κ1) is 28.1. The van der Waals surface area contributed by atoms with Gasteiger partial charge in [0.2, 0.25) is 5.91 Å². The number of benzene rings is 2. The zero-order valence-corrected chi connectivity index (χ0v) is 24.8. The van der Waals surface area contributed by atoms with Crippen molar-refractivity contribution in [3.8, 4) is 5.75 Å². The van der Waals surface area contributed by atoms with Crippen LogP contribution in [0.15, 0.2) is 71.8 Å². The Kier molecular flexibility index (Phi) is 8.54. The average Bonchev–Trinajstić information content (AvgIpc) is 3.01. The Bertz CT molecular complexity index is 1370. The molecule has 6 nitrogen and oxygen atoms in total. The number of hydrogen-bond donors (Lipinski definition) is 1. The van der Waals surface area contributed by atoms with E-state index in [0.29, 0.717) is 21.4 Å². The number of Topliss-reactive ketones (excluding diaryl/α,β-unsaturated/α-hetero) is 1. The van der Waals surface area contributed by atoms with E-state index in [2.05, 4.69) is 22.3 Å². The summed E-state index contributed by atoms with van der Waals surface area (Å²) >= 11 is 7.59. The molecule has 0 radical (unpaired) electrons. The first-order valence-electron chi connectivity index (χ1n) is 14.8. The van der Waals surface area contributed by atoms with Crippen molar-refractivity contribution in [1.82, 2.24) is 10.3 Å². The standard InChI is InChI=1S/C33H36ClN3O3S/c34-26-12-5-6-14-29(26)41-30-27(38)22-33(36-32(30)39,23-15-17-24(18-16-23)37-20-7-2-8-21-37)31-28(13-9-19-35-31)40-25-10-3-1-4-11-25/h5-6,9,12-19,25,30H,1-4,7-8,10-11,20-22H2,(H,36,39). The summed E-state index contributed by atoms with van der Waals surface area (Å²) in [6.07, 6.45) is 11.0. The van der Waals surface area contributed by atoms with E-state index in [4.69, 9.17) is 21.3 Å². The van der Waals surface area contributed by atoms with Crippen molar-refractivity contribution in [1.29, 1.82) is 0 Å². The lowest BCUT2D eigenvalue weighted by molar-refractivity contribution is -0.133. The van der Waals surface area contributed by atoms with Gasteiger partial charge in [-0.2, -0.15) is 0 Å². The molecule has 1 aliphatic carbocycles. The highest BCUT2D eigenvalue weighted by atomic mass is 35.5. The second kappa shape index (κ2) is 12.5. The van der Waals surface area contributed by atoms with Crippen LogP contribution in [0, 0.1) is 0 Å². The second-order valence-electron chi connectivity index (χ2n) is 11.3. The van der Waals surface area contributed by atoms with E-state index in [1.54, 1.807) is 12.3 Å². The topological polar surface area (TPSA) is 71.5 Å². The van der Waals surface area contributed by atoms with Crippen LogP contribution < -0.4 is 15.0 Å². The third-order valence-electron chi connectivity index (χ3n) is 8.49. The van der Waals surface area contributed by atoms with Crippen molar-refractivity contribution in [3.05, 3.63) is 83.1 Å². The highest BCUT2D eigenvalue weighted by Crippen LogP contribution is 2.44. The minimum absolute atomic E-state index is 0.0714. The Hall–Kier alpha value is -3.03. The maximum absolute atomic E-state index is 13.9. The minimum atomic E-state index is -1.14. The number of nitrogens with one attached hydrogen (secondary N) is 1. The van der Waals surface area contributed by atoms with Gasteiger partial charge in [-0.25, -0.2) is 0 Å². The lowest BCUT2D eigenvalue weighted by Gasteiger charge is -2.41. The normalized spacial score (nSPS) is 23.7. The zero-order chi connectivity index (χ0) is 28.2. The molecular weight excluding hydrogens is 554 g/mol. The molecule has 2 atom stereocenters. The Labute approximate surface area is 251 Å². The van der Waals surface area contributed by atoms with Gasteiger partial charge in [-0.15, -0.1) is 11.8 Å². The molecule has 8 heteroatoms. The molecule has 1 amide bonds. The predicted octanol–water partition coefficient (Wildman–Crippen LogP) is 6.93. The highest BCUT2D eigenvalue weighted by Gasteiger charge is 2.50. The summed E-state index contributed by atoms with van der Waals surface area (Å²) in [4.78, 5) is 35.6. The molecular formula is C33H36ClN3O3S. The molecule has 2 saturated heterocycles. The average molecular weight is 590 g/mol. The van der Waals surface area contributed by atoms with Gasteiger partial charge in [0.25, 0.3) is 0 Å². The van der Waals surface area contributed by atoms with E-state index < -0.39 is 10.8 Å². The number of carbonyl (C=O) groups is 2. The van der Waals surface area contributed by atoms with Gasteiger partial charge < -0.3 is 15.0 Å². The summed E-state index contributed by atoms with van der Waals surface area (Å²) in [5.41, 5.74) is 1.42. The fraction of sp³-hybridized carbons (Fsp3) is 0.424. The molecule has 6 rings (SSSR count).